The van der Waals surface area contributed by atoms with Crippen LogP contribution in [0.3, 0.4) is 0 Å². The highest BCUT2D eigenvalue weighted by Gasteiger charge is 2.29. The molecule has 1 aliphatic heterocycles. The van der Waals surface area contributed by atoms with Crippen molar-refractivity contribution in [2.45, 2.75) is 65.5 Å². The minimum atomic E-state index is -0.438. The van der Waals surface area contributed by atoms with Gasteiger partial charge in [-0.3, -0.25) is 9.36 Å². The minimum absolute atomic E-state index is 0.290. The number of hydrogen-bond acceptors (Lipinski definition) is 7. The van der Waals surface area contributed by atoms with Gasteiger partial charge in [0.15, 0.2) is 0 Å². The van der Waals surface area contributed by atoms with Crippen LogP contribution in [0.1, 0.15) is 57.1 Å². The van der Waals surface area contributed by atoms with E-state index in [-0.39, 0.29) is 5.82 Å². The largest absolute Gasteiger partial charge is 0.493 e. The zero-order valence-corrected chi connectivity index (χ0v) is 32.4. The highest BCUT2D eigenvalue weighted by molar-refractivity contribution is 6.35. The Kier molecular flexibility index (Phi) is 11.4. The van der Waals surface area contributed by atoms with E-state index in [0.717, 1.165) is 92.4 Å². The number of methoxy groups -OCH3 is 2. The number of carbonyl (C=O) groups is 1. The van der Waals surface area contributed by atoms with Gasteiger partial charge in [0.05, 0.1) is 61.2 Å². The maximum absolute atomic E-state index is 14.4. The van der Waals surface area contributed by atoms with Crippen molar-refractivity contribution in [1.29, 1.82) is 0 Å². The van der Waals surface area contributed by atoms with Gasteiger partial charge in [-0.05, 0) is 111 Å². The van der Waals surface area contributed by atoms with Crippen molar-refractivity contribution < 1.29 is 28.1 Å². The van der Waals surface area contributed by atoms with Gasteiger partial charge in [-0.25, -0.2) is 9.18 Å². The molecule has 284 valence electrons. The van der Waals surface area contributed by atoms with E-state index in [1.807, 2.05) is 41.4 Å². The third-order valence-corrected chi connectivity index (χ3v) is 10.8. The molecule has 12 heteroatoms. The molecule has 8 bridgehead atoms. The Bertz CT molecular complexity index is 2330. The maximum atomic E-state index is 14.4. The first kappa shape index (κ1) is 37.6. The molecule has 3 aromatic carbocycles. The second-order valence-corrected chi connectivity index (χ2v) is 14.3. The first-order valence-corrected chi connectivity index (χ1v) is 19.0. The highest BCUT2D eigenvalue weighted by Crippen LogP contribution is 2.42. The molecular weight excluding hydrogens is 709 g/mol. The molecule has 0 saturated heterocycles. The summed E-state index contributed by atoms with van der Waals surface area (Å²) in [4.78, 5) is 13.8. The van der Waals surface area contributed by atoms with E-state index in [1.54, 1.807) is 19.2 Å². The summed E-state index contributed by atoms with van der Waals surface area (Å²) in [7, 11) is 5.03. The fourth-order valence-electron chi connectivity index (χ4n) is 7.74. The standard InChI is InChI=1S/C42H47ClFN5O5/c1-26-27(2)45-49-16-6-8-31-25-32(47(3)46-31)12-10-28-22-29-24-30(44)11-13-33(29)37(23-28)54-18-7-9-34-35-14-15-36(43)38(39(26)49)40(35)48(41(34)42(50)52-5)17-19-53-21-20-51-4/h11,13-15,22-25H,6-10,12,16-21H2,1-5H3. The molecule has 0 saturated carbocycles. The maximum Gasteiger partial charge on any atom is 0.354 e. The molecule has 0 aliphatic carbocycles. The third kappa shape index (κ3) is 7.49. The zero-order valence-electron chi connectivity index (χ0n) is 31.6. The van der Waals surface area contributed by atoms with Crippen LogP contribution in [0.5, 0.6) is 5.75 Å². The Morgan fingerprint density at radius 3 is 2.59 bits per heavy atom. The molecule has 0 fully saturated rings. The van der Waals surface area contributed by atoms with E-state index in [0.29, 0.717) is 68.8 Å². The lowest BCUT2D eigenvalue weighted by Gasteiger charge is -2.16. The minimum Gasteiger partial charge on any atom is -0.493 e. The van der Waals surface area contributed by atoms with Crippen LogP contribution in [0.25, 0.3) is 32.9 Å². The van der Waals surface area contributed by atoms with E-state index in [9.17, 15) is 9.18 Å². The van der Waals surface area contributed by atoms with Crippen molar-refractivity contribution in [3.8, 4) is 17.0 Å². The number of aryl methyl sites for hydroxylation is 7. The molecule has 4 heterocycles. The summed E-state index contributed by atoms with van der Waals surface area (Å²) in [6, 6.07) is 15.0. The number of rotatable bonds is 7. The molecule has 0 amide bonds. The van der Waals surface area contributed by atoms with Crippen LogP contribution < -0.4 is 4.74 Å². The lowest BCUT2D eigenvalue weighted by molar-refractivity contribution is 0.0567. The van der Waals surface area contributed by atoms with Crippen LogP contribution in [-0.4, -0.2) is 70.7 Å². The number of benzene rings is 3. The second-order valence-electron chi connectivity index (χ2n) is 13.9. The summed E-state index contributed by atoms with van der Waals surface area (Å²) in [6.07, 6.45) is 4.23. The van der Waals surface area contributed by atoms with Crippen LogP contribution in [-0.2, 0) is 60.0 Å². The third-order valence-electron chi connectivity index (χ3n) is 10.5. The number of esters is 1. The normalized spacial score (nSPS) is 13.9. The Hall–Kier alpha value is -4.71. The molecule has 0 radical (unpaired) electrons. The molecule has 0 spiro atoms. The van der Waals surface area contributed by atoms with Gasteiger partial charge in [-0.1, -0.05) is 23.7 Å². The molecule has 1 aliphatic rings. The van der Waals surface area contributed by atoms with Crippen molar-refractivity contribution in [2.24, 2.45) is 7.05 Å². The molecule has 0 unspecified atom stereocenters. The van der Waals surface area contributed by atoms with E-state index < -0.39 is 5.97 Å². The topological polar surface area (TPSA) is 94.6 Å². The number of fused-ring (bicyclic) bond motifs is 8. The summed E-state index contributed by atoms with van der Waals surface area (Å²) >= 11 is 7.19. The molecule has 54 heavy (non-hydrogen) atoms. The van der Waals surface area contributed by atoms with Crippen molar-refractivity contribution in [1.82, 2.24) is 24.1 Å². The predicted octanol–water partition coefficient (Wildman–Crippen LogP) is 7.99. The van der Waals surface area contributed by atoms with Crippen molar-refractivity contribution >= 4 is 39.2 Å². The van der Waals surface area contributed by atoms with Crippen LogP contribution in [0.15, 0.2) is 48.5 Å². The van der Waals surface area contributed by atoms with E-state index in [1.165, 1.54) is 13.2 Å². The first-order chi connectivity index (χ1) is 26.2. The van der Waals surface area contributed by atoms with Gasteiger partial charge >= 0.3 is 5.97 Å². The van der Waals surface area contributed by atoms with Crippen LogP contribution >= 0.6 is 11.6 Å². The summed E-state index contributed by atoms with van der Waals surface area (Å²) in [5.74, 6) is -0.0229. The number of aromatic nitrogens is 5. The van der Waals surface area contributed by atoms with Gasteiger partial charge in [0, 0.05) is 49.3 Å². The second kappa shape index (κ2) is 16.3. The lowest BCUT2D eigenvalue weighted by Crippen LogP contribution is -2.17. The molecule has 3 aromatic heterocycles. The van der Waals surface area contributed by atoms with Crippen molar-refractivity contribution in [3.05, 3.63) is 98.8 Å². The summed E-state index contributed by atoms with van der Waals surface area (Å²) in [5, 5.41) is 13.0. The summed E-state index contributed by atoms with van der Waals surface area (Å²) in [5.41, 5.74) is 9.03. The number of halogens is 2. The quantitative estimate of drug-likeness (QED) is 0.120. The van der Waals surface area contributed by atoms with Crippen LogP contribution in [0.2, 0.25) is 5.02 Å². The molecule has 6 aromatic rings. The summed E-state index contributed by atoms with van der Waals surface area (Å²) in [6.45, 7) is 6.73. The Labute approximate surface area is 319 Å². The SMILES string of the molecule is COCCOCCn1c(C(=O)OC)c2c3ccc(Cl)c(c31)-c1c(C)c(C)nn1CCCc1cc(n(C)n1)CCc1cc(c3ccc(F)cc3c1)OCCC2. The number of hydrogen-bond donors (Lipinski definition) is 0. The number of nitrogens with zero attached hydrogens (tertiary/aromatic N) is 5. The fourth-order valence-corrected chi connectivity index (χ4v) is 7.99. The Morgan fingerprint density at radius 2 is 1.78 bits per heavy atom. The first-order valence-electron chi connectivity index (χ1n) is 18.6. The van der Waals surface area contributed by atoms with Crippen molar-refractivity contribution in [2.75, 3.05) is 40.6 Å². The summed E-state index contributed by atoms with van der Waals surface area (Å²) < 4.78 is 43.5. The zero-order chi connectivity index (χ0) is 37.9. The molecular formula is C42H47ClFN5O5. The number of carbonyl (C=O) groups excluding carboxylic acids is 1. The average molecular weight is 756 g/mol. The monoisotopic (exact) mass is 755 g/mol. The van der Waals surface area contributed by atoms with Crippen LogP contribution in [0.4, 0.5) is 4.39 Å². The predicted molar refractivity (Wildman–Crippen MR) is 208 cm³/mol. The van der Waals surface area contributed by atoms with Gasteiger partial charge in [-0.2, -0.15) is 10.2 Å². The van der Waals surface area contributed by atoms with E-state index in [2.05, 4.69) is 23.7 Å². The molecule has 0 atom stereocenters. The Balaban J connectivity index is 1.38. The van der Waals surface area contributed by atoms with Gasteiger partial charge in [-0.15, -0.1) is 0 Å². The highest BCUT2D eigenvalue weighted by atomic mass is 35.5. The van der Waals surface area contributed by atoms with Gasteiger partial charge in [0.2, 0.25) is 0 Å². The van der Waals surface area contributed by atoms with E-state index in [4.69, 9.17) is 40.7 Å². The molecule has 10 nitrogen and oxygen atoms in total. The lowest BCUT2D eigenvalue weighted by atomic mass is 10.00. The smallest absolute Gasteiger partial charge is 0.354 e. The Morgan fingerprint density at radius 1 is 0.944 bits per heavy atom. The molecule has 7 rings (SSSR count). The van der Waals surface area contributed by atoms with Gasteiger partial charge in [0.1, 0.15) is 17.3 Å². The van der Waals surface area contributed by atoms with Crippen LogP contribution in [0, 0.1) is 19.7 Å². The van der Waals surface area contributed by atoms with Gasteiger partial charge in [0.25, 0.3) is 0 Å². The van der Waals surface area contributed by atoms with Gasteiger partial charge < -0.3 is 23.5 Å². The average Bonchev–Trinajstić information content (AvgIpc) is 3.77. The van der Waals surface area contributed by atoms with E-state index >= 15 is 0 Å². The molecule has 0 N–H and O–H groups in total. The van der Waals surface area contributed by atoms with Crippen molar-refractivity contribution in [3.63, 3.8) is 0 Å². The fraction of sp³-hybridized carbons (Fsp3) is 0.405. The number of ether oxygens (including phenoxy) is 4.